The Kier molecular flexibility index (Phi) is 7.42. The Bertz CT molecular complexity index is 1120. The van der Waals surface area contributed by atoms with Crippen molar-refractivity contribution in [3.63, 3.8) is 0 Å². The quantitative estimate of drug-likeness (QED) is 0.589. The van der Waals surface area contributed by atoms with Crippen molar-refractivity contribution in [3.8, 4) is 11.5 Å². The van der Waals surface area contributed by atoms with Crippen molar-refractivity contribution >= 4 is 27.5 Å². The van der Waals surface area contributed by atoms with Crippen molar-refractivity contribution in [2.24, 2.45) is 0 Å². The SMILES string of the molecule is CC[C@H](C(=O)NC)N(Cc1ccc(F)cc1)C(=O)CN(c1ccc2c(c1)OCO2)S(C)(=O)=O. The van der Waals surface area contributed by atoms with Gasteiger partial charge in [0.15, 0.2) is 11.5 Å². The van der Waals surface area contributed by atoms with Gasteiger partial charge in [0, 0.05) is 19.7 Å². The second-order valence-electron chi connectivity index (χ2n) is 7.49. The number of likely N-dealkylation sites (N-methyl/N-ethyl adjacent to an activating group) is 1. The van der Waals surface area contributed by atoms with Gasteiger partial charge in [0.2, 0.25) is 28.6 Å². The maximum atomic E-state index is 13.4. The number of rotatable bonds is 9. The van der Waals surface area contributed by atoms with Crippen molar-refractivity contribution in [2.75, 3.05) is 30.9 Å². The minimum atomic E-state index is -3.86. The van der Waals surface area contributed by atoms with Gasteiger partial charge in [0.25, 0.3) is 0 Å². The molecule has 0 aromatic heterocycles. The minimum Gasteiger partial charge on any atom is -0.454 e. The van der Waals surface area contributed by atoms with Gasteiger partial charge < -0.3 is 19.7 Å². The van der Waals surface area contributed by atoms with E-state index in [1.165, 1.54) is 48.3 Å². The molecule has 1 aliphatic heterocycles. The fourth-order valence-electron chi connectivity index (χ4n) is 3.53. The molecular formula is C22H26FN3O6S. The maximum absolute atomic E-state index is 13.4. The molecule has 2 aromatic rings. The number of sulfonamides is 1. The lowest BCUT2D eigenvalue weighted by atomic mass is 10.1. The molecule has 3 rings (SSSR count). The van der Waals surface area contributed by atoms with Gasteiger partial charge in [0.1, 0.15) is 18.4 Å². The summed E-state index contributed by atoms with van der Waals surface area (Å²) in [5.74, 6) is -0.559. The average molecular weight is 480 g/mol. The number of hydrogen-bond acceptors (Lipinski definition) is 6. The number of anilines is 1. The molecule has 0 saturated heterocycles. The van der Waals surface area contributed by atoms with Crippen LogP contribution in [0.4, 0.5) is 10.1 Å². The molecule has 2 aromatic carbocycles. The number of fused-ring (bicyclic) bond motifs is 1. The number of amides is 2. The van der Waals surface area contributed by atoms with Gasteiger partial charge in [-0.2, -0.15) is 0 Å². The molecular weight excluding hydrogens is 453 g/mol. The molecule has 0 aliphatic carbocycles. The third-order valence-corrected chi connectivity index (χ3v) is 6.36. The molecule has 9 nitrogen and oxygen atoms in total. The van der Waals surface area contributed by atoms with Crippen molar-refractivity contribution in [3.05, 3.63) is 53.8 Å². The van der Waals surface area contributed by atoms with E-state index in [1.54, 1.807) is 13.0 Å². The molecule has 1 atom stereocenters. The van der Waals surface area contributed by atoms with E-state index in [-0.39, 0.29) is 24.9 Å². The van der Waals surface area contributed by atoms with Crippen LogP contribution in [-0.2, 0) is 26.2 Å². The van der Waals surface area contributed by atoms with E-state index in [4.69, 9.17) is 9.47 Å². The molecule has 11 heteroatoms. The molecule has 33 heavy (non-hydrogen) atoms. The molecule has 0 fully saturated rings. The molecule has 0 spiro atoms. The molecule has 0 saturated carbocycles. The summed E-state index contributed by atoms with van der Waals surface area (Å²) in [5.41, 5.74) is 0.825. The van der Waals surface area contributed by atoms with Crippen LogP contribution < -0.4 is 19.1 Å². The highest BCUT2D eigenvalue weighted by Crippen LogP contribution is 2.36. The Hall–Kier alpha value is -3.34. The fraction of sp³-hybridized carbons (Fsp3) is 0.364. The van der Waals surface area contributed by atoms with E-state index in [2.05, 4.69) is 5.32 Å². The first-order valence-corrected chi connectivity index (χ1v) is 12.1. The van der Waals surface area contributed by atoms with Crippen molar-refractivity contribution in [1.29, 1.82) is 0 Å². The molecule has 2 amide bonds. The number of carbonyl (C=O) groups excluding carboxylic acids is 2. The zero-order valence-corrected chi connectivity index (χ0v) is 19.4. The van der Waals surface area contributed by atoms with Crippen LogP contribution in [0.1, 0.15) is 18.9 Å². The van der Waals surface area contributed by atoms with Crippen LogP contribution in [0, 0.1) is 5.82 Å². The van der Waals surface area contributed by atoms with Crippen LogP contribution >= 0.6 is 0 Å². The van der Waals surface area contributed by atoms with E-state index in [9.17, 15) is 22.4 Å². The van der Waals surface area contributed by atoms with E-state index in [0.29, 0.717) is 23.5 Å². The van der Waals surface area contributed by atoms with Crippen LogP contribution in [0.2, 0.25) is 0 Å². The fourth-order valence-corrected chi connectivity index (χ4v) is 4.37. The smallest absolute Gasteiger partial charge is 0.244 e. The summed E-state index contributed by atoms with van der Waals surface area (Å²) in [6.07, 6.45) is 1.29. The van der Waals surface area contributed by atoms with Gasteiger partial charge in [-0.3, -0.25) is 13.9 Å². The highest BCUT2D eigenvalue weighted by atomic mass is 32.2. The maximum Gasteiger partial charge on any atom is 0.244 e. The summed E-state index contributed by atoms with van der Waals surface area (Å²) in [6.45, 7) is 1.24. The van der Waals surface area contributed by atoms with Crippen LogP contribution in [0.25, 0.3) is 0 Å². The second-order valence-corrected chi connectivity index (χ2v) is 9.40. The first-order chi connectivity index (χ1) is 15.6. The second kappa shape index (κ2) is 10.1. The summed E-state index contributed by atoms with van der Waals surface area (Å²) in [6, 6.07) is 9.26. The zero-order valence-electron chi connectivity index (χ0n) is 18.6. The number of carbonyl (C=O) groups is 2. The summed E-state index contributed by atoms with van der Waals surface area (Å²) in [5, 5.41) is 2.53. The van der Waals surface area contributed by atoms with Gasteiger partial charge in [0.05, 0.1) is 11.9 Å². The molecule has 178 valence electrons. The van der Waals surface area contributed by atoms with Crippen molar-refractivity contribution in [1.82, 2.24) is 10.2 Å². The molecule has 1 N–H and O–H groups in total. The lowest BCUT2D eigenvalue weighted by Crippen LogP contribution is -2.51. The lowest BCUT2D eigenvalue weighted by molar-refractivity contribution is -0.140. The number of nitrogens with one attached hydrogen (secondary N) is 1. The minimum absolute atomic E-state index is 0.00375. The van der Waals surface area contributed by atoms with Gasteiger partial charge in [-0.05, 0) is 36.2 Å². The molecule has 0 radical (unpaired) electrons. The van der Waals surface area contributed by atoms with E-state index in [0.717, 1.165) is 10.6 Å². The monoisotopic (exact) mass is 479 g/mol. The predicted octanol–water partition coefficient (Wildman–Crippen LogP) is 1.87. The Balaban J connectivity index is 1.93. The van der Waals surface area contributed by atoms with E-state index in [1.807, 2.05) is 0 Å². The summed E-state index contributed by atoms with van der Waals surface area (Å²) in [7, 11) is -2.40. The number of hydrogen-bond donors (Lipinski definition) is 1. The third kappa shape index (κ3) is 5.72. The summed E-state index contributed by atoms with van der Waals surface area (Å²) >= 11 is 0. The predicted molar refractivity (Wildman–Crippen MR) is 120 cm³/mol. The van der Waals surface area contributed by atoms with Crippen LogP contribution in [0.15, 0.2) is 42.5 Å². The number of nitrogens with zero attached hydrogens (tertiary/aromatic N) is 2. The topological polar surface area (TPSA) is 105 Å². The largest absolute Gasteiger partial charge is 0.454 e. The third-order valence-electron chi connectivity index (χ3n) is 5.22. The highest BCUT2D eigenvalue weighted by Gasteiger charge is 2.31. The lowest BCUT2D eigenvalue weighted by Gasteiger charge is -2.32. The number of halogens is 1. The first kappa shape index (κ1) is 24.3. The molecule has 1 heterocycles. The van der Waals surface area contributed by atoms with Gasteiger partial charge >= 0.3 is 0 Å². The summed E-state index contributed by atoms with van der Waals surface area (Å²) in [4.78, 5) is 27.2. The van der Waals surface area contributed by atoms with Crippen molar-refractivity contribution in [2.45, 2.75) is 25.9 Å². The number of benzene rings is 2. The highest BCUT2D eigenvalue weighted by molar-refractivity contribution is 7.92. The summed E-state index contributed by atoms with van der Waals surface area (Å²) < 4.78 is 50.0. The molecule has 0 bridgehead atoms. The van der Waals surface area contributed by atoms with Gasteiger partial charge in [-0.15, -0.1) is 0 Å². The Morgan fingerprint density at radius 2 is 1.79 bits per heavy atom. The molecule has 0 unspecified atom stereocenters. The number of ether oxygens (including phenoxy) is 2. The zero-order chi connectivity index (χ0) is 24.2. The Morgan fingerprint density at radius 1 is 1.12 bits per heavy atom. The Morgan fingerprint density at radius 3 is 2.39 bits per heavy atom. The molecule has 1 aliphatic rings. The first-order valence-electron chi connectivity index (χ1n) is 10.3. The average Bonchev–Trinajstić information content (AvgIpc) is 3.25. The van der Waals surface area contributed by atoms with Crippen LogP contribution in [-0.4, -0.2) is 57.8 Å². The van der Waals surface area contributed by atoms with Crippen LogP contribution in [0.5, 0.6) is 11.5 Å². The van der Waals surface area contributed by atoms with Gasteiger partial charge in [-0.25, -0.2) is 12.8 Å². The normalized spacial score (nSPS) is 13.3. The van der Waals surface area contributed by atoms with Crippen LogP contribution in [0.3, 0.4) is 0 Å². The standard InChI is InChI=1S/C22H26FN3O6S/c1-4-18(22(28)24-2)25(12-15-5-7-16(23)8-6-15)21(27)13-26(33(3,29)30)17-9-10-19-20(11-17)32-14-31-19/h5-11,18H,4,12-14H2,1-3H3,(H,24,28)/t18-/m1/s1. The van der Waals surface area contributed by atoms with E-state index < -0.39 is 34.3 Å². The van der Waals surface area contributed by atoms with Gasteiger partial charge in [-0.1, -0.05) is 19.1 Å². The Labute approximate surface area is 192 Å². The van der Waals surface area contributed by atoms with Crippen molar-refractivity contribution < 1.29 is 31.9 Å². The van der Waals surface area contributed by atoms with E-state index >= 15 is 0 Å².